The van der Waals surface area contributed by atoms with Crippen molar-refractivity contribution in [3.05, 3.63) is 0 Å². The van der Waals surface area contributed by atoms with Gasteiger partial charge in [-0.1, -0.05) is 20.8 Å². The average molecular weight is 272 g/mol. The van der Waals surface area contributed by atoms with E-state index < -0.39 is 0 Å². The molecule has 110 valence electrons. The van der Waals surface area contributed by atoms with Crippen LogP contribution in [0.25, 0.3) is 0 Å². The van der Waals surface area contributed by atoms with Crippen molar-refractivity contribution in [3.8, 4) is 0 Å². The van der Waals surface area contributed by atoms with Gasteiger partial charge in [0.15, 0.2) is 0 Å². The van der Waals surface area contributed by atoms with Crippen LogP contribution in [-0.2, 0) is 23.8 Å². The first-order valence-corrected chi connectivity index (χ1v) is 6.75. The van der Waals surface area contributed by atoms with Crippen LogP contribution in [0.1, 0.15) is 34.6 Å². The fourth-order valence-electron chi connectivity index (χ4n) is 2.53. The molecule has 1 aliphatic rings. The number of esters is 2. The molecule has 1 aliphatic heterocycles. The topological polar surface area (TPSA) is 61.8 Å². The molecule has 0 bridgehead atoms. The SMILES string of the molecule is CC(=O)OC[C@@H](C)C1OCC(OC(C)=O)[C@@H](C)[C@@H]1C. The fourth-order valence-corrected chi connectivity index (χ4v) is 2.53. The summed E-state index contributed by atoms with van der Waals surface area (Å²) in [5.74, 6) is 0.0333. The zero-order chi connectivity index (χ0) is 14.6. The Morgan fingerprint density at radius 2 is 1.84 bits per heavy atom. The summed E-state index contributed by atoms with van der Waals surface area (Å²) in [5.41, 5.74) is 0. The van der Waals surface area contributed by atoms with Gasteiger partial charge in [-0.25, -0.2) is 0 Å². The van der Waals surface area contributed by atoms with Crippen molar-refractivity contribution in [2.45, 2.75) is 46.8 Å². The van der Waals surface area contributed by atoms with Crippen molar-refractivity contribution in [2.24, 2.45) is 17.8 Å². The molecule has 0 aromatic carbocycles. The van der Waals surface area contributed by atoms with Crippen molar-refractivity contribution < 1.29 is 23.8 Å². The molecule has 0 aromatic heterocycles. The lowest BCUT2D eigenvalue weighted by molar-refractivity contribution is -0.179. The fraction of sp³-hybridized carbons (Fsp3) is 0.857. The number of carbonyl (C=O) groups is 2. The normalized spacial score (nSPS) is 32.5. The molecule has 2 unspecified atom stereocenters. The van der Waals surface area contributed by atoms with E-state index in [-0.39, 0.29) is 41.9 Å². The zero-order valence-corrected chi connectivity index (χ0v) is 12.3. The Kier molecular flexibility index (Phi) is 5.79. The second-order valence-electron chi connectivity index (χ2n) is 5.44. The van der Waals surface area contributed by atoms with Gasteiger partial charge in [0, 0.05) is 25.7 Å². The molecule has 0 amide bonds. The number of rotatable bonds is 4. The first-order chi connectivity index (χ1) is 8.82. The van der Waals surface area contributed by atoms with Gasteiger partial charge in [-0.3, -0.25) is 9.59 Å². The van der Waals surface area contributed by atoms with Crippen molar-refractivity contribution in [1.82, 2.24) is 0 Å². The summed E-state index contributed by atoms with van der Waals surface area (Å²) in [6.45, 7) is 9.71. The lowest BCUT2D eigenvalue weighted by Crippen LogP contribution is -2.48. The Bertz CT molecular complexity index is 328. The van der Waals surface area contributed by atoms with Crippen molar-refractivity contribution in [1.29, 1.82) is 0 Å². The van der Waals surface area contributed by atoms with E-state index in [1.807, 2.05) is 6.92 Å². The molecule has 1 saturated heterocycles. The molecule has 0 saturated carbocycles. The Morgan fingerprint density at radius 1 is 1.21 bits per heavy atom. The Labute approximate surface area is 114 Å². The summed E-state index contributed by atoms with van der Waals surface area (Å²) >= 11 is 0. The zero-order valence-electron chi connectivity index (χ0n) is 12.3. The van der Waals surface area contributed by atoms with Crippen LogP contribution in [0.4, 0.5) is 0 Å². The monoisotopic (exact) mass is 272 g/mol. The van der Waals surface area contributed by atoms with Gasteiger partial charge in [0.1, 0.15) is 6.10 Å². The molecule has 0 radical (unpaired) electrons. The highest BCUT2D eigenvalue weighted by Gasteiger charge is 2.39. The standard InChI is InChI=1S/C14H24O5/c1-8(6-17-11(4)15)14-10(3)9(2)13(7-18-14)19-12(5)16/h8-10,13-14H,6-7H2,1-5H3/t8-,9+,10+,13?,14?/m1/s1. The third-order valence-electron chi connectivity index (χ3n) is 3.81. The molecule has 5 nitrogen and oxygen atoms in total. The molecule has 0 spiro atoms. The van der Waals surface area contributed by atoms with E-state index in [4.69, 9.17) is 14.2 Å². The minimum Gasteiger partial charge on any atom is -0.465 e. The van der Waals surface area contributed by atoms with Gasteiger partial charge in [-0.2, -0.15) is 0 Å². The van der Waals surface area contributed by atoms with Gasteiger partial charge >= 0.3 is 11.9 Å². The largest absolute Gasteiger partial charge is 0.465 e. The molecule has 0 aliphatic carbocycles. The van der Waals surface area contributed by atoms with E-state index in [0.717, 1.165) is 0 Å². The molecule has 0 aromatic rings. The highest BCUT2D eigenvalue weighted by Crippen LogP contribution is 2.32. The summed E-state index contributed by atoms with van der Waals surface area (Å²) in [4.78, 5) is 21.9. The van der Waals surface area contributed by atoms with Gasteiger partial charge in [-0.15, -0.1) is 0 Å². The predicted molar refractivity (Wildman–Crippen MR) is 69.4 cm³/mol. The first-order valence-electron chi connectivity index (χ1n) is 6.75. The quantitative estimate of drug-likeness (QED) is 0.730. The van der Waals surface area contributed by atoms with Crippen LogP contribution in [0.5, 0.6) is 0 Å². The highest BCUT2D eigenvalue weighted by atomic mass is 16.6. The van der Waals surface area contributed by atoms with Crippen LogP contribution < -0.4 is 0 Å². The maximum absolute atomic E-state index is 11.0. The summed E-state index contributed by atoms with van der Waals surface area (Å²) < 4.78 is 16.1. The summed E-state index contributed by atoms with van der Waals surface area (Å²) in [6, 6.07) is 0. The smallest absolute Gasteiger partial charge is 0.302 e. The molecule has 5 atom stereocenters. The van der Waals surface area contributed by atoms with Crippen molar-refractivity contribution >= 4 is 11.9 Å². The second-order valence-corrected chi connectivity index (χ2v) is 5.44. The third-order valence-corrected chi connectivity index (χ3v) is 3.81. The van der Waals surface area contributed by atoms with Crippen molar-refractivity contribution in [3.63, 3.8) is 0 Å². The van der Waals surface area contributed by atoms with E-state index in [1.54, 1.807) is 0 Å². The van der Waals surface area contributed by atoms with E-state index in [9.17, 15) is 9.59 Å². The van der Waals surface area contributed by atoms with E-state index in [1.165, 1.54) is 13.8 Å². The average Bonchev–Trinajstić information content (AvgIpc) is 2.31. The lowest BCUT2D eigenvalue weighted by Gasteiger charge is -2.41. The van der Waals surface area contributed by atoms with E-state index >= 15 is 0 Å². The maximum atomic E-state index is 11.0. The predicted octanol–water partition coefficient (Wildman–Crippen LogP) is 1.79. The molecule has 19 heavy (non-hydrogen) atoms. The Morgan fingerprint density at radius 3 is 2.37 bits per heavy atom. The highest BCUT2D eigenvalue weighted by molar-refractivity contribution is 5.66. The van der Waals surface area contributed by atoms with Gasteiger partial charge in [0.05, 0.1) is 19.3 Å². The first kappa shape index (κ1) is 16.0. The van der Waals surface area contributed by atoms with Gasteiger partial charge in [0.25, 0.3) is 0 Å². The molecule has 1 rings (SSSR count). The number of carbonyl (C=O) groups excluding carboxylic acids is 2. The van der Waals surface area contributed by atoms with Crippen LogP contribution >= 0.6 is 0 Å². The van der Waals surface area contributed by atoms with Crippen molar-refractivity contribution in [2.75, 3.05) is 13.2 Å². The van der Waals surface area contributed by atoms with Crippen LogP contribution in [0.3, 0.4) is 0 Å². The molecular formula is C14H24O5. The summed E-state index contributed by atoms with van der Waals surface area (Å²) in [6.07, 6.45) is -0.175. The van der Waals surface area contributed by atoms with Gasteiger partial charge in [-0.05, 0) is 5.92 Å². The molecule has 1 fully saturated rings. The van der Waals surface area contributed by atoms with Crippen LogP contribution in [0.2, 0.25) is 0 Å². The summed E-state index contributed by atoms with van der Waals surface area (Å²) in [5, 5.41) is 0. The van der Waals surface area contributed by atoms with E-state index in [2.05, 4.69) is 13.8 Å². The minimum atomic E-state index is -0.279. The van der Waals surface area contributed by atoms with Gasteiger partial charge < -0.3 is 14.2 Å². The maximum Gasteiger partial charge on any atom is 0.302 e. The second kappa shape index (κ2) is 6.89. The van der Waals surface area contributed by atoms with E-state index in [0.29, 0.717) is 13.2 Å². The molecular weight excluding hydrogens is 248 g/mol. The molecule has 1 heterocycles. The number of ether oxygens (including phenoxy) is 3. The molecule has 5 heteroatoms. The van der Waals surface area contributed by atoms with Crippen LogP contribution in [0.15, 0.2) is 0 Å². The Hall–Kier alpha value is -1.10. The molecule has 0 N–H and O–H groups in total. The van der Waals surface area contributed by atoms with Crippen LogP contribution in [-0.4, -0.2) is 37.4 Å². The minimum absolute atomic E-state index is 0.0150. The van der Waals surface area contributed by atoms with Crippen LogP contribution in [0, 0.1) is 17.8 Å². The summed E-state index contributed by atoms with van der Waals surface area (Å²) in [7, 11) is 0. The number of hydrogen-bond donors (Lipinski definition) is 0. The lowest BCUT2D eigenvalue weighted by atomic mass is 9.80. The number of hydrogen-bond acceptors (Lipinski definition) is 5. The van der Waals surface area contributed by atoms with Gasteiger partial charge in [0.2, 0.25) is 0 Å². The Balaban J connectivity index is 2.55. The third kappa shape index (κ3) is 4.49.